The number of halogens is 1. The second kappa shape index (κ2) is 8.40. The quantitative estimate of drug-likeness (QED) is 0.404. The number of benzene rings is 1. The Balaban J connectivity index is 1.51. The number of carboxylic acid groups (broad SMARTS) is 1. The van der Waals surface area contributed by atoms with Crippen LogP contribution in [0.5, 0.6) is 6.01 Å². The maximum absolute atomic E-state index is 16.1. The number of anilines is 1. The van der Waals surface area contributed by atoms with Crippen LogP contribution in [0.2, 0.25) is 0 Å². The van der Waals surface area contributed by atoms with Gasteiger partial charge in [0.15, 0.2) is 12.1 Å². The van der Waals surface area contributed by atoms with E-state index in [0.29, 0.717) is 36.1 Å². The fourth-order valence-corrected chi connectivity index (χ4v) is 5.44. The van der Waals surface area contributed by atoms with E-state index in [9.17, 15) is 14.7 Å². The summed E-state index contributed by atoms with van der Waals surface area (Å²) in [6.07, 6.45) is 4.29. The number of rotatable bonds is 5. The molecule has 2 aliphatic rings. The number of aryl methyl sites for hydroxylation is 1. The maximum atomic E-state index is 16.1. The molecule has 12 heteroatoms. The molecule has 2 aliphatic heterocycles. The van der Waals surface area contributed by atoms with Crippen LogP contribution in [0.15, 0.2) is 24.5 Å². The third-order valence-corrected chi connectivity index (χ3v) is 7.00. The third-order valence-electron chi connectivity index (χ3n) is 7.00. The van der Waals surface area contributed by atoms with Gasteiger partial charge in [0.1, 0.15) is 23.6 Å². The first-order valence-corrected chi connectivity index (χ1v) is 11.6. The molecule has 2 saturated heterocycles. The van der Waals surface area contributed by atoms with E-state index in [1.807, 2.05) is 24.0 Å². The number of aromatic nitrogens is 5. The van der Waals surface area contributed by atoms with Crippen LogP contribution in [0.1, 0.15) is 18.4 Å². The summed E-state index contributed by atoms with van der Waals surface area (Å²) in [5.41, 5.74) is 2.31. The fraction of sp³-hybridized carbons (Fsp3) is 0.333. The molecule has 0 radical (unpaired) electrons. The fourth-order valence-electron chi connectivity index (χ4n) is 5.44. The molecule has 11 nitrogen and oxygen atoms in total. The highest BCUT2D eigenvalue weighted by atomic mass is 19.1. The normalized spacial score (nSPS) is 19.3. The smallest absolute Gasteiger partial charge is 0.407 e. The molecule has 2 bridgehead atoms. The summed E-state index contributed by atoms with van der Waals surface area (Å²) < 4.78 is 21.5. The SMILES string of the molecule is Cc1ccc2[nH]ncc2c1-c1ncc2c(N3CC4CCC(C3)N4C(=O)O)nc(OCC=O)nc2c1F. The number of hydrogen-bond donors (Lipinski definition) is 2. The van der Waals surface area contributed by atoms with Gasteiger partial charge in [0.05, 0.1) is 29.2 Å². The molecule has 1 amide bonds. The van der Waals surface area contributed by atoms with Crippen LogP contribution in [-0.2, 0) is 4.79 Å². The number of piperazine rings is 1. The molecule has 0 aliphatic carbocycles. The number of aromatic amines is 1. The van der Waals surface area contributed by atoms with E-state index in [1.54, 1.807) is 6.20 Å². The minimum atomic E-state index is -0.939. The average molecular weight is 491 g/mol. The van der Waals surface area contributed by atoms with E-state index in [2.05, 4.69) is 25.1 Å². The van der Waals surface area contributed by atoms with Gasteiger partial charge < -0.3 is 14.7 Å². The summed E-state index contributed by atoms with van der Waals surface area (Å²) in [5, 5.41) is 17.7. The highest BCUT2D eigenvalue weighted by Gasteiger charge is 2.43. The van der Waals surface area contributed by atoms with E-state index in [0.717, 1.165) is 29.3 Å². The van der Waals surface area contributed by atoms with Gasteiger partial charge in [-0.3, -0.25) is 19.8 Å². The van der Waals surface area contributed by atoms with Crippen LogP contribution in [0.4, 0.5) is 15.0 Å². The summed E-state index contributed by atoms with van der Waals surface area (Å²) in [7, 11) is 0. The number of H-pyrrole nitrogens is 1. The number of ether oxygens (including phenoxy) is 1. The van der Waals surface area contributed by atoms with Crippen molar-refractivity contribution in [1.82, 2.24) is 30.0 Å². The largest absolute Gasteiger partial charge is 0.465 e. The molecule has 36 heavy (non-hydrogen) atoms. The highest BCUT2D eigenvalue weighted by Crippen LogP contribution is 2.38. The van der Waals surface area contributed by atoms with E-state index in [1.165, 1.54) is 11.1 Å². The summed E-state index contributed by atoms with van der Waals surface area (Å²) in [5.74, 6) is -0.241. The standard InChI is InChI=1S/C24H22FN7O4/c1-12-2-5-17-15(9-27-30-17)18(12)21-19(25)20-16(8-26-21)22(29-23(28-20)36-7-6-33)31-10-13-3-4-14(11-31)32(13)24(34)35/h2,5-6,8-9,13-14H,3-4,7,10-11H2,1H3,(H,27,30)(H,34,35). The van der Waals surface area contributed by atoms with Crippen LogP contribution >= 0.6 is 0 Å². The lowest BCUT2D eigenvalue weighted by molar-refractivity contribution is -0.109. The van der Waals surface area contributed by atoms with Gasteiger partial charge in [-0.15, -0.1) is 0 Å². The second-order valence-electron chi connectivity index (χ2n) is 9.06. The van der Waals surface area contributed by atoms with Crippen molar-refractivity contribution in [2.45, 2.75) is 31.8 Å². The van der Waals surface area contributed by atoms with Crippen molar-refractivity contribution in [3.05, 3.63) is 35.9 Å². The average Bonchev–Trinajstić information content (AvgIpc) is 3.45. The van der Waals surface area contributed by atoms with Crippen molar-refractivity contribution >= 4 is 40.0 Å². The zero-order valence-corrected chi connectivity index (χ0v) is 19.3. The van der Waals surface area contributed by atoms with Crippen LogP contribution < -0.4 is 9.64 Å². The molecule has 1 aromatic carbocycles. The number of carbonyl (C=O) groups is 2. The molecule has 2 N–H and O–H groups in total. The number of hydrogen-bond acceptors (Lipinski definition) is 8. The number of fused-ring (bicyclic) bond motifs is 4. The first kappa shape index (κ1) is 22.1. The lowest BCUT2D eigenvalue weighted by atomic mass is 10.00. The van der Waals surface area contributed by atoms with Crippen molar-refractivity contribution in [3.63, 3.8) is 0 Å². The van der Waals surface area contributed by atoms with Gasteiger partial charge in [-0.2, -0.15) is 15.1 Å². The Morgan fingerprint density at radius 2 is 2.00 bits per heavy atom. The predicted molar refractivity (Wildman–Crippen MR) is 128 cm³/mol. The molecule has 5 heterocycles. The topological polar surface area (TPSA) is 137 Å². The molecule has 2 atom stereocenters. The van der Waals surface area contributed by atoms with Crippen molar-refractivity contribution in [2.75, 3.05) is 24.6 Å². The van der Waals surface area contributed by atoms with Crippen molar-refractivity contribution in [3.8, 4) is 17.3 Å². The Bertz CT molecular complexity index is 1510. The van der Waals surface area contributed by atoms with Gasteiger partial charge in [0.25, 0.3) is 0 Å². The van der Waals surface area contributed by atoms with Gasteiger partial charge >= 0.3 is 12.1 Å². The molecule has 2 fully saturated rings. The first-order chi connectivity index (χ1) is 17.5. The molecule has 6 rings (SSSR count). The van der Waals surface area contributed by atoms with Crippen LogP contribution in [0, 0.1) is 12.7 Å². The monoisotopic (exact) mass is 491 g/mol. The Kier molecular flexibility index (Phi) is 5.16. The first-order valence-electron chi connectivity index (χ1n) is 11.6. The van der Waals surface area contributed by atoms with Crippen LogP contribution in [0.3, 0.4) is 0 Å². The van der Waals surface area contributed by atoms with Gasteiger partial charge in [0.2, 0.25) is 0 Å². The minimum absolute atomic E-state index is 0.0128. The van der Waals surface area contributed by atoms with Crippen LogP contribution in [0.25, 0.3) is 33.1 Å². The lowest BCUT2D eigenvalue weighted by Crippen LogP contribution is -2.55. The number of pyridine rings is 1. The van der Waals surface area contributed by atoms with Crippen molar-refractivity contribution in [2.24, 2.45) is 0 Å². The molecule has 3 aromatic heterocycles. The number of nitrogens with zero attached hydrogens (tertiary/aromatic N) is 6. The Labute approximate surface area is 203 Å². The summed E-state index contributed by atoms with van der Waals surface area (Å²) in [6, 6.07) is 3.22. The van der Waals surface area contributed by atoms with Crippen LogP contribution in [-0.4, -0.2) is 79.3 Å². The molecule has 2 unspecified atom stereocenters. The van der Waals surface area contributed by atoms with Gasteiger partial charge in [0, 0.05) is 30.2 Å². The van der Waals surface area contributed by atoms with E-state index in [-0.39, 0.29) is 35.9 Å². The van der Waals surface area contributed by atoms with Gasteiger partial charge in [-0.05, 0) is 31.4 Å². The summed E-state index contributed by atoms with van der Waals surface area (Å²) in [4.78, 5) is 39.3. The molecule has 4 aromatic rings. The van der Waals surface area contributed by atoms with Crippen molar-refractivity contribution < 1.29 is 23.8 Å². The maximum Gasteiger partial charge on any atom is 0.407 e. The Morgan fingerprint density at radius 1 is 1.22 bits per heavy atom. The van der Waals surface area contributed by atoms with E-state index >= 15 is 4.39 Å². The molecule has 184 valence electrons. The number of nitrogens with one attached hydrogen (secondary N) is 1. The molecular weight excluding hydrogens is 469 g/mol. The Hall–Kier alpha value is -4.35. The third kappa shape index (κ3) is 3.40. The number of amides is 1. The van der Waals surface area contributed by atoms with E-state index in [4.69, 9.17) is 4.74 Å². The minimum Gasteiger partial charge on any atom is -0.465 e. The van der Waals surface area contributed by atoms with Crippen molar-refractivity contribution in [1.29, 1.82) is 0 Å². The predicted octanol–water partition coefficient (Wildman–Crippen LogP) is 2.92. The Morgan fingerprint density at radius 3 is 2.72 bits per heavy atom. The van der Waals surface area contributed by atoms with Gasteiger partial charge in [-0.1, -0.05) is 6.07 Å². The second-order valence-corrected chi connectivity index (χ2v) is 9.06. The highest BCUT2D eigenvalue weighted by molar-refractivity contribution is 5.98. The molecular formula is C24H22FN7O4. The zero-order chi connectivity index (χ0) is 25.0. The zero-order valence-electron chi connectivity index (χ0n) is 19.3. The van der Waals surface area contributed by atoms with Gasteiger partial charge in [-0.25, -0.2) is 9.18 Å². The number of aldehydes is 1. The van der Waals surface area contributed by atoms with E-state index < -0.39 is 11.9 Å². The summed E-state index contributed by atoms with van der Waals surface area (Å²) >= 11 is 0. The molecule has 0 spiro atoms. The lowest BCUT2D eigenvalue weighted by Gasteiger charge is -2.40. The number of carbonyl (C=O) groups excluding carboxylic acids is 1. The molecule has 0 saturated carbocycles. The summed E-state index contributed by atoms with van der Waals surface area (Å²) in [6.45, 7) is 2.39.